The van der Waals surface area contributed by atoms with E-state index < -0.39 is 0 Å². The normalized spacial score (nSPS) is 10.3. The van der Waals surface area contributed by atoms with Gasteiger partial charge in [0.2, 0.25) is 5.95 Å². The Labute approximate surface area is 135 Å². The molecule has 0 aliphatic heterocycles. The van der Waals surface area contributed by atoms with E-state index in [1.165, 1.54) is 5.56 Å². The highest BCUT2D eigenvalue weighted by atomic mass is 79.9. The van der Waals surface area contributed by atoms with Crippen LogP contribution in [0, 0.1) is 0 Å². The van der Waals surface area contributed by atoms with E-state index >= 15 is 0 Å². The fourth-order valence-corrected chi connectivity index (χ4v) is 2.42. The van der Waals surface area contributed by atoms with Gasteiger partial charge >= 0.3 is 0 Å². The molecule has 0 amide bonds. The number of nitrogens with zero attached hydrogens (tertiary/aromatic N) is 2. The maximum Gasteiger partial charge on any atom is 0.224 e. The second-order valence-electron chi connectivity index (χ2n) is 4.30. The summed E-state index contributed by atoms with van der Waals surface area (Å²) in [7, 11) is 0. The van der Waals surface area contributed by atoms with Crippen LogP contribution in [-0.2, 0) is 6.54 Å². The van der Waals surface area contributed by atoms with Crippen molar-refractivity contribution >= 4 is 43.6 Å². The van der Waals surface area contributed by atoms with E-state index in [9.17, 15) is 0 Å². The van der Waals surface area contributed by atoms with Gasteiger partial charge in [0.25, 0.3) is 0 Å². The van der Waals surface area contributed by atoms with Crippen molar-refractivity contribution in [3.05, 3.63) is 45.0 Å². The molecular formula is C14H16Br2N4. The number of hydrogen-bond acceptors (Lipinski definition) is 4. The van der Waals surface area contributed by atoms with Crippen molar-refractivity contribution in [1.29, 1.82) is 0 Å². The lowest BCUT2D eigenvalue weighted by atomic mass is 10.2. The van der Waals surface area contributed by atoms with Crippen LogP contribution in [0.5, 0.6) is 0 Å². The summed E-state index contributed by atoms with van der Waals surface area (Å²) in [5.41, 5.74) is 1.19. The summed E-state index contributed by atoms with van der Waals surface area (Å²) in [6, 6.07) is 8.18. The first-order chi connectivity index (χ1) is 9.69. The van der Waals surface area contributed by atoms with Gasteiger partial charge in [-0.25, -0.2) is 4.98 Å². The Hall–Kier alpha value is -1.14. The van der Waals surface area contributed by atoms with Crippen LogP contribution in [0.3, 0.4) is 0 Å². The summed E-state index contributed by atoms with van der Waals surface area (Å²) >= 11 is 6.93. The maximum atomic E-state index is 4.46. The number of halogens is 2. The Morgan fingerprint density at radius 1 is 1.20 bits per heavy atom. The highest BCUT2D eigenvalue weighted by Gasteiger charge is 2.04. The first kappa shape index (κ1) is 15.3. The molecule has 0 aliphatic carbocycles. The number of anilines is 2. The third-order valence-electron chi connectivity index (χ3n) is 2.63. The van der Waals surface area contributed by atoms with Crippen molar-refractivity contribution in [1.82, 2.24) is 9.97 Å². The predicted octanol–water partition coefficient (Wildman–Crippen LogP) is 4.44. The van der Waals surface area contributed by atoms with Crippen LogP contribution < -0.4 is 10.6 Å². The van der Waals surface area contributed by atoms with E-state index in [0.717, 1.165) is 27.7 Å². The molecule has 1 heterocycles. The molecule has 0 saturated heterocycles. The molecule has 0 fully saturated rings. The van der Waals surface area contributed by atoms with Crippen LogP contribution >= 0.6 is 31.9 Å². The van der Waals surface area contributed by atoms with Gasteiger partial charge in [0.05, 0.1) is 4.47 Å². The fourth-order valence-electron chi connectivity index (χ4n) is 1.65. The summed E-state index contributed by atoms with van der Waals surface area (Å²) in [6.45, 7) is 3.69. The molecule has 0 saturated carbocycles. The van der Waals surface area contributed by atoms with Gasteiger partial charge in [-0.1, -0.05) is 35.0 Å². The molecule has 4 nitrogen and oxygen atoms in total. The molecule has 0 bridgehead atoms. The molecule has 0 spiro atoms. The molecule has 0 radical (unpaired) electrons. The molecule has 0 aliphatic rings. The Bertz CT molecular complexity index is 575. The van der Waals surface area contributed by atoms with Crippen molar-refractivity contribution in [3.63, 3.8) is 0 Å². The molecule has 106 valence electrons. The van der Waals surface area contributed by atoms with E-state index in [2.05, 4.69) is 71.5 Å². The van der Waals surface area contributed by atoms with Crippen molar-refractivity contribution in [3.8, 4) is 0 Å². The highest BCUT2D eigenvalue weighted by Crippen LogP contribution is 2.21. The molecule has 2 aromatic rings. The topological polar surface area (TPSA) is 49.8 Å². The molecule has 6 heteroatoms. The van der Waals surface area contributed by atoms with Gasteiger partial charge in [-0.2, -0.15) is 4.98 Å². The number of benzene rings is 1. The molecule has 0 atom stereocenters. The SMILES string of the molecule is CCCNc1ncc(Br)c(NCc2cccc(Br)c2)n1. The first-order valence-corrected chi connectivity index (χ1v) is 8.02. The minimum atomic E-state index is 0.645. The average molecular weight is 400 g/mol. The zero-order valence-corrected chi connectivity index (χ0v) is 14.3. The van der Waals surface area contributed by atoms with E-state index in [1.807, 2.05) is 12.1 Å². The quantitative estimate of drug-likeness (QED) is 0.753. The van der Waals surface area contributed by atoms with Gasteiger partial charge in [-0.3, -0.25) is 0 Å². The van der Waals surface area contributed by atoms with Gasteiger partial charge < -0.3 is 10.6 Å². The fraction of sp³-hybridized carbons (Fsp3) is 0.286. The lowest BCUT2D eigenvalue weighted by Crippen LogP contribution is -2.08. The molecule has 2 N–H and O–H groups in total. The highest BCUT2D eigenvalue weighted by molar-refractivity contribution is 9.10. The summed E-state index contributed by atoms with van der Waals surface area (Å²) < 4.78 is 1.93. The minimum absolute atomic E-state index is 0.645. The zero-order valence-electron chi connectivity index (χ0n) is 11.2. The largest absolute Gasteiger partial charge is 0.365 e. The summed E-state index contributed by atoms with van der Waals surface area (Å²) in [6.07, 6.45) is 2.80. The van der Waals surface area contributed by atoms with E-state index in [-0.39, 0.29) is 0 Å². The second-order valence-corrected chi connectivity index (χ2v) is 6.07. The Morgan fingerprint density at radius 2 is 2.05 bits per heavy atom. The number of rotatable bonds is 6. The Morgan fingerprint density at radius 3 is 2.80 bits per heavy atom. The third-order valence-corrected chi connectivity index (χ3v) is 3.70. The smallest absolute Gasteiger partial charge is 0.224 e. The third kappa shape index (κ3) is 4.45. The van der Waals surface area contributed by atoms with Crippen LogP contribution in [0.15, 0.2) is 39.4 Å². The van der Waals surface area contributed by atoms with Crippen molar-refractivity contribution in [2.75, 3.05) is 17.2 Å². The van der Waals surface area contributed by atoms with Crippen LogP contribution in [0.4, 0.5) is 11.8 Å². The van der Waals surface area contributed by atoms with Gasteiger partial charge in [-0.15, -0.1) is 0 Å². The molecule has 20 heavy (non-hydrogen) atoms. The first-order valence-electron chi connectivity index (χ1n) is 6.43. The monoisotopic (exact) mass is 398 g/mol. The lowest BCUT2D eigenvalue weighted by molar-refractivity contribution is 0.948. The number of nitrogens with one attached hydrogen (secondary N) is 2. The van der Waals surface area contributed by atoms with Crippen molar-refractivity contribution in [2.45, 2.75) is 19.9 Å². The molecule has 0 unspecified atom stereocenters. The van der Waals surface area contributed by atoms with Gasteiger partial charge in [0.1, 0.15) is 5.82 Å². The van der Waals surface area contributed by atoms with Crippen molar-refractivity contribution in [2.24, 2.45) is 0 Å². The van der Waals surface area contributed by atoms with E-state index in [0.29, 0.717) is 12.5 Å². The van der Waals surface area contributed by atoms with Crippen LogP contribution in [0.25, 0.3) is 0 Å². The van der Waals surface area contributed by atoms with Gasteiger partial charge in [0, 0.05) is 23.8 Å². The molecule has 1 aromatic heterocycles. The Balaban J connectivity index is 2.04. The summed E-state index contributed by atoms with van der Waals surface area (Å²) in [5.74, 6) is 1.44. The molecular weight excluding hydrogens is 384 g/mol. The molecule has 2 rings (SSSR count). The minimum Gasteiger partial charge on any atom is -0.365 e. The van der Waals surface area contributed by atoms with E-state index in [1.54, 1.807) is 6.20 Å². The van der Waals surface area contributed by atoms with Gasteiger partial charge in [0.15, 0.2) is 0 Å². The van der Waals surface area contributed by atoms with Crippen molar-refractivity contribution < 1.29 is 0 Å². The summed E-state index contributed by atoms with van der Waals surface area (Å²) in [4.78, 5) is 8.68. The van der Waals surface area contributed by atoms with Crippen LogP contribution in [-0.4, -0.2) is 16.5 Å². The average Bonchev–Trinajstić information content (AvgIpc) is 2.45. The predicted molar refractivity (Wildman–Crippen MR) is 90.0 cm³/mol. The van der Waals surface area contributed by atoms with Crippen LogP contribution in [0.1, 0.15) is 18.9 Å². The van der Waals surface area contributed by atoms with E-state index in [4.69, 9.17) is 0 Å². The lowest BCUT2D eigenvalue weighted by Gasteiger charge is -2.10. The Kier molecular flexibility index (Phi) is 5.79. The van der Waals surface area contributed by atoms with Gasteiger partial charge in [-0.05, 0) is 40.0 Å². The summed E-state index contributed by atoms with van der Waals surface area (Å²) in [5, 5.41) is 6.49. The maximum absolute atomic E-state index is 4.46. The molecule has 1 aromatic carbocycles. The standard InChI is InChI=1S/C14H16Br2N4/c1-2-6-17-14-19-9-12(16)13(20-14)18-8-10-4-3-5-11(15)7-10/h3-5,7,9H,2,6,8H2,1H3,(H2,17,18,19,20). The zero-order chi connectivity index (χ0) is 14.4. The number of hydrogen-bond donors (Lipinski definition) is 2. The van der Waals surface area contributed by atoms with Crippen LogP contribution in [0.2, 0.25) is 0 Å². The second kappa shape index (κ2) is 7.59. The number of aromatic nitrogens is 2.